The van der Waals surface area contributed by atoms with Crippen LogP contribution in [0.25, 0.3) is 11.0 Å². The average molecular weight is 348 g/mol. The summed E-state index contributed by atoms with van der Waals surface area (Å²) in [6.07, 6.45) is 0.375. The van der Waals surface area contributed by atoms with Crippen molar-refractivity contribution in [2.45, 2.75) is 31.5 Å². The fraction of sp³-hybridized carbons (Fsp3) is 0.500. The summed E-state index contributed by atoms with van der Waals surface area (Å²) >= 11 is 0. The van der Waals surface area contributed by atoms with Gasteiger partial charge in [0.25, 0.3) is 0 Å². The molecule has 1 amide bonds. The molecule has 0 unspecified atom stereocenters. The number of carbonyl (C=O) groups excluding carboxylic acids is 1. The number of ether oxygens (including phenoxy) is 2. The van der Waals surface area contributed by atoms with Gasteiger partial charge in [-0.25, -0.2) is 9.48 Å². The molecule has 2 N–H and O–H groups in total. The summed E-state index contributed by atoms with van der Waals surface area (Å²) in [6, 6.07) is 7.30. The molecule has 25 heavy (non-hydrogen) atoms. The van der Waals surface area contributed by atoms with Crippen LogP contribution in [0.1, 0.15) is 12.8 Å². The van der Waals surface area contributed by atoms with E-state index in [2.05, 4.69) is 15.6 Å². The van der Waals surface area contributed by atoms with E-state index < -0.39 is 18.7 Å². The predicted octanol–water partition coefficient (Wildman–Crippen LogP) is 0.196. The number of fused-ring (bicyclic) bond motifs is 1. The molecule has 0 bridgehead atoms. The molecule has 1 aromatic carbocycles. The second-order valence-electron chi connectivity index (χ2n) is 5.83. The Balaban J connectivity index is 1.53. The zero-order valence-electron chi connectivity index (χ0n) is 13.6. The molecule has 0 aliphatic carbocycles. The molecule has 2 atom stereocenters. The molecule has 1 aromatic heterocycles. The maximum atomic E-state index is 12.2. The zero-order valence-corrected chi connectivity index (χ0v) is 13.6. The molecule has 0 spiro atoms. The number of carboxylic acids is 1. The highest BCUT2D eigenvalue weighted by atomic mass is 16.5. The van der Waals surface area contributed by atoms with Crippen LogP contribution in [0, 0.1) is 0 Å². The van der Waals surface area contributed by atoms with Gasteiger partial charge in [-0.05, 0) is 18.6 Å². The lowest BCUT2D eigenvalue weighted by atomic mass is 10.1. The van der Waals surface area contributed by atoms with E-state index in [1.165, 1.54) is 0 Å². The van der Waals surface area contributed by atoms with Gasteiger partial charge >= 0.3 is 5.97 Å². The van der Waals surface area contributed by atoms with Crippen LogP contribution in [-0.4, -0.2) is 63.9 Å². The first-order valence-corrected chi connectivity index (χ1v) is 8.12. The summed E-state index contributed by atoms with van der Waals surface area (Å²) in [5.41, 5.74) is 1.67. The molecule has 134 valence electrons. The first-order chi connectivity index (χ1) is 12.1. The molecule has 2 heterocycles. The van der Waals surface area contributed by atoms with Crippen molar-refractivity contribution in [1.29, 1.82) is 0 Å². The molecule has 9 heteroatoms. The number of aliphatic carboxylic acids is 1. The summed E-state index contributed by atoms with van der Waals surface area (Å²) in [6.45, 7) is 0.777. The van der Waals surface area contributed by atoms with E-state index in [1.807, 2.05) is 24.3 Å². The van der Waals surface area contributed by atoms with E-state index in [-0.39, 0.29) is 25.0 Å². The van der Waals surface area contributed by atoms with Gasteiger partial charge in [-0.2, -0.15) is 0 Å². The number of hydrogen-bond acceptors (Lipinski definition) is 6. The first kappa shape index (κ1) is 17.3. The fourth-order valence-corrected chi connectivity index (χ4v) is 2.79. The van der Waals surface area contributed by atoms with Gasteiger partial charge in [0.05, 0.1) is 24.7 Å². The highest BCUT2D eigenvalue weighted by Gasteiger charge is 2.28. The van der Waals surface area contributed by atoms with Gasteiger partial charge in [-0.1, -0.05) is 17.3 Å². The molecule has 1 fully saturated rings. The standard InChI is InChI=1S/C16H20N4O5/c21-15(5-7-20-13-4-2-1-3-11(13)18-19-20)17-12-6-8-24-9-14(12)25-10-16(22)23/h1-4,12,14H,5-10H2,(H,17,21)(H,22,23)/t12-,14-/m1/s1. The number of amides is 1. The lowest BCUT2D eigenvalue weighted by molar-refractivity contribution is -0.149. The SMILES string of the molecule is O=C(O)CO[C@@H]1COCC[C@H]1NC(=O)CCn1nnc2ccccc21. The molecule has 1 aliphatic rings. The van der Waals surface area contributed by atoms with Gasteiger partial charge in [0.1, 0.15) is 18.2 Å². The largest absolute Gasteiger partial charge is 0.480 e. The molecular weight excluding hydrogens is 328 g/mol. The highest BCUT2D eigenvalue weighted by molar-refractivity contribution is 5.77. The van der Waals surface area contributed by atoms with Crippen molar-refractivity contribution in [3.05, 3.63) is 24.3 Å². The van der Waals surface area contributed by atoms with Crippen LogP contribution in [-0.2, 0) is 25.6 Å². The number of aromatic nitrogens is 3. The van der Waals surface area contributed by atoms with Crippen LogP contribution in [0.4, 0.5) is 0 Å². The third-order valence-corrected chi connectivity index (χ3v) is 4.04. The number of aryl methyl sites for hydroxylation is 1. The van der Waals surface area contributed by atoms with Crippen molar-refractivity contribution in [1.82, 2.24) is 20.3 Å². The van der Waals surface area contributed by atoms with E-state index in [0.717, 1.165) is 11.0 Å². The van der Waals surface area contributed by atoms with Crippen LogP contribution in [0.15, 0.2) is 24.3 Å². The maximum absolute atomic E-state index is 12.2. The molecule has 9 nitrogen and oxygen atoms in total. The van der Waals surface area contributed by atoms with Gasteiger partial charge in [-0.3, -0.25) is 4.79 Å². The summed E-state index contributed by atoms with van der Waals surface area (Å²) in [5, 5.41) is 19.7. The second kappa shape index (κ2) is 8.04. The summed E-state index contributed by atoms with van der Waals surface area (Å²) in [5.74, 6) is -1.19. The number of hydrogen-bond donors (Lipinski definition) is 2. The number of nitrogens with zero attached hydrogens (tertiary/aromatic N) is 3. The highest BCUT2D eigenvalue weighted by Crippen LogP contribution is 2.13. The van der Waals surface area contributed by atoms with Crippen molar-refractivity contribution in [3.63, 3.8) is 0 Å². The Morgan fingerprint density at radius 1 is 1.40 bits per heavy atom. The quantitative estimate of drug-likeness (QED) is 0.734. The Bertz CT molecular complexity index is 747. The van der Waals surface area contributed by atoms with Gasteiger partial charge in [0.2, 0.25) is 5.91 Å². The maximum Gasteiger partial charge on any atom is 0.329 e. The average Bonchev–Trinajstić information content (AvgIpc) is 3.02. The molecule has 1 saturated heterocycles. The van der Waals surface area contributed by atoms with Gasteiger partial charge in [0, 0.05) is 13.0 Å². The van der Waals surface area contributed by atoms with Crippen molar-refractivity contribution >= 4 is 22.9 Å². The minimum atomic E-state index is -1.05. The van der Waals surface area contributed by atoms with Crippen LogP contribution >= 0.6 is 0 Å². The monoisotopic (exact) mass is 348 g/mol. The number of carbonyl (C=O) groups is 2. The first-order valence-electron chi connectivity index (χ1n) is 8.12. The number of rotatable bonds is 7. The number of benzene rings is 1. The van der Waals surface area contributed by atoms with Gasteiger partial charge in [-0.15, -0.1) is 5.10 Å². The third-order valence-electron chi connectivity index (χ3n) is 4.04. The van der Waals surface area contributed by atoms with Crippen molar-refractivity contribution in [3.8, 4) is 0 Å². The predicted molar refractivity (Wildman–Crippen MR) is 86.9 cm³/mol. The summed E-state index contributed by atoms with van der Waals surface area (Å²) in [4.78, 5) is 22.9. The Hall–Kier alpha value is -2.52. The lowest BCUT2D eigenvalue weighted by Crippen LogP contribution is -2.50. The smallest absolute Gasteiger partial charge is 0.329 e. The van der Waals surface area contributed by atoms with Crippen LogP contribution in [0.2, 0.25) is 0 Å². The molecule has 0 saturated carbocycles. The lowest BCUT2D eigenvalue weighted by Gasteiger charge is -2.31. The fourth-order valence-electron chi connectivity index (χ4n) is 2.79. The van der Waals surface area contributed by atoms with Crippen molar-refractivity contribution in [2.24, 2.45) is 0 Å². The minimum absolute atomic E-state index is 0.143. The number of carboxylic acid groups (broad SMARTS) is 1. The number of nitrogens with one attached hydrogen (secondary N) is 1. The van der Waals surface area contributed by atoms with Crippen molar-refractivity contribution in [2.75, 3.05) is 19.8 Å². The van der Waals surface area contributed by atoms with Crippen LogP contribution in [0.3, 0.4) is 0 Å². The molecule has 2 aromatic rings. The Morgan fingerprint density at radius 3 is 3.08 bits per heavy atom. The normalized spacial score (nSPS) is 20.5. The number of para-hydroxylation sites is 1. The van der Waals surface area contributed by atoms with E-state index in [0.29, 0.717) is 19.6 Å². The van der Waals surface area contributed by atoms with E-state index in [4.69, 9.17) is 14.6 Å². The molecule has 3 rings (SSSR count). The third kappa shape index (κ3) is 4.52. The Labute approximate surface area is 143 Å². The zero-order chi connectivity index (χ0) is 17.6. The van der Waals surface area contributed by atoms with Crippen LogP contribution in [0.5, 0.6) is 0 Å². The van der Waals surface area contributed by atoms with E-state index in [1.54, 1.807) is 4.68 Å². The molecule has 0 radical (unpaired) electrons. The topological polar surface area (TPSA) is 116 Å². The van der Waals surface area contributed by atoms with Gasteiger partial charge < -0.3 is 19.9 Å². The summed E-state index contributed by atoms with van der Waals surface area (Å²) < 4.78 is 12.3. The second-order valence-corrected chi connectivity index (χ2v) is 5.83. The Kier molecular flexibility index (Phi) is 5.56. The molecule has 1 aliphatic heterocycles. The summed E-state index contributed by atoms with van der Waals surface area (Å²) in [7, 11) is 0. The van der Waals surface area contributed by atoms with Crippen molar-refractivity contribution < 1.29 is 24.2 Å². The van der Waals surface area contributed by atoms with E-state index in [9.17, 15) is 9.59 Å². The van der Waals surface area contributed by atoms with E-state index >= 15 is 0 Å². The van der Waals surface area contributed by atoms with Crippen LogP contribution < -0.4 is 5.32 Å². The molecular formula is C16H20N4O5. The Morgan fingerprint density at radius 2 is 2.24 bits per heavy atom. The van der Waals surface area contributed by atoms with Gasteiger partial charge in [0.15, 0.2) is 0 Å². The minimum Gasteiger partial charge on any atom is -0.480 e.